The van der Waals surface area contributed by atoms with Crippen molar-refractivity contribution in [2.45, 2.75) is 12.5 Å². The van der Waals surface area contributed by atoms with E-state index < -0.39 is 7.60 Å². The fourth-order valence-corrected chi connectivity index (χ4v) is 2.94. The summed E-state index contributed by atoms with van der Waals surface area (Å²) in [4.78, 5) is 18.1. The van der Waals surface area contributed by atoms with Gasteiger partial charge in [0.2, 0.25) is 0 Å². The van der Waals surface area contributed by atoms with Gasteiger partial charge in [0.15, 0.2) is 0 Å². The molecule has 0 saturated carbocycles. The number of benzene rings is 2. The molecule has 2 aromatic carbocycles. The first kappa shape index (κ1) is 17.6. The summed E-state index contributed by atoms with van der Waals surface area (Å²) >= 11 is 0. The van der Waals surface area contributed by atoms with Gasteiger partial charge in [0.1, 0.15) is 12.8 Å². The van der Waals surface area contributed by atoms with E-state index in [0.29, 0.717) is 18.7 Å². The average Bonchev–Trinajstić information content (AvgIpc) is 3.14. The topological polar surface area (TPSA) is 107 Å². The van der Waals surface area contributed by atoms with Gasteiger partial charge in [-0.1, -0.05) is 54.6 Å². The van der Waals surface area contributed by atoms with Crippen molar-refractivity contribution in [3.05, 3.63) is 66.4 Å². The largest absolute Gasteiger partial charge is 0.344 e. The summed E-state index contributed by atoms with van der Waals surface area (Å²) < 4.78 is 11.1. The standard InChI is InChI=1S/C17H18N4O3P/c22-25(23,24)12-18-16(17-11-19-21-20-17)10-13-6-8-15(9-7-13)14-4-2-1-3-5-14/h1-9,12,16,18H,10-11H2,(H2,22,23,24)/t16-/m0/s1. The fourth-order valence-electron chi connectivity index (χ4n) is 2.56. The Kier molecular flexibility index (Phi) is 5.50. The molecular formula is C17H18N4O3P. The average molecular weight is 357 g/mol. The minimum atomic E-state index is -4.26. The first-order valence-electron chi connectivity index (χ1n) is 7.74. The highest BCUT2D eigenvalue weighted by atomic mass is 31.2. The molecule has 8 heteroatoms. The molecule has 0 aliphatic carbocycles. The van der Waals surface area contributed by atoms with E-state index in [1.807, 2.05) is 54.6 Å². The fraction of sp³-hybridized carbons (Fsp3) is 0.176. The predicted octanol–water partition coefficient (Wildman–Crippen LogP) is 2.97. The molecule has 0 amide bonds. The van der Waals surface area contributed by atoms with Crippen LogP contribution in [-0.2, 0) is 11.0 Å². The molecule has 1 radical (unpaired) electrons. The zero-order valence-electron chi connectivity index (χ0n) is 13.4. The Labute approximate surface area is 145 Å². The Morgan fingerprint density at radius 2 is 1.76 bits per heavy atom. The third-order valence-corrected chi connectivity index (χ3v) is 4.30. The molecule has 1 aliphatic rings. The first-order valence-corrected chi connectivity index (χ1v) is 9.43. The summed E-state index contributed by atoms with van der Waals surface area (Å²) in [5, 5.41) is 14.1. The molecule has 1 aliphatic heterocycles. The van der Waals surface area contributed by atoms with Crippen LogP contribution in [0.4, 0.5) is 0 Å². The SMILES string of the molecule is O=P(O)(O)[CH]N[C@@H](Cc1ccc(-c2ccccc2)cc1)C1=NN=NC1. The smallest absolute Gasteiger partial charge is 0.323 e. The van der Waals surface area contributed by atoms with E-state index >= 15 is 0 Å². The zero-order valence-corrected chi connectivity index (χ0v) is 14.3. The number of hydrogen-bond donors (Lipinski definition) is 3. The van der Waals surface area contributed by atoms with E-state index in [1.165, 1.54) is 0 Å². The van der Waals surface area contributed by atoms with Crippen molar-refractivity contribution in [2.75, 3.05) is 6.54 Å². The molecule has 0 bridgehead atoms. The third kappa shape index (κ3) is 5.14. The molecule has 7 nitrogen and oxygen atoms in total. The first-order chi connectivity index (χ1) is 12.0. The van der Waals surface area contributed by atoms with E-state index in [1.54, 1.807) is 0 Å². The lowest BCUT2D eigenvalue weighted by Crippen LogP contribution is -2.37. The second-order valence-corrected chi connectivity index (χ2v) is 7.12. The van der Waals surface area contributed by atoms with Crippen molar-refractivity contribution >= 4 is 13.3 Å². The van der Waals surface area contributed by atoms with Crippen molar-refractivity contribution in [1.82, 2.24) is 5.32 Å². The highest BCUT2D eigenvalue weighted by Gasteiger charge is 2.23. The van der Waals surface area contributed by atoms with Crippen LogP contribution in [-0.4, -0.2) is 28.1 Å². The van der Waals surface area contributed by atoms with Gasteiger partial charge in [-0.2, -0.15) is 5.11 Å². The second-order valence-electron chi connectivity index (χ2n) is 5.68. The molecule has 25 heavy (non-hydrogen) atoms. The van der Waals surface area contributed by atoms with Crippen LogP contribution in [0.25, 0.3) is 11.1 Å². The van der Waals surface area contributed by atoms with E-state index in [2.05, 4.69) is 20.8 Å². The Morgan fingerprint density at radius 1 is 1.08 bits per heavy atom. The van der Waals surface area contributed by atoms with Gasteiger partial charge in [-0.05, 0) is 28.3 Å². The Hall–Kier alpha value is -2.18. The maximum Gasteiger partial charge on any atom is 0.344 e. The third-order valence-electron chi connectivity index (χ3n) is 3.82. The lowest BCUT2D eigenvalue weighted by Gasteiger charge is -2.18. The van der Waals surface area contributed by atoms with Crippen LogP contribution in [0.15, 0.2) is 70.0 Å². The molecule has 0 unspecified atom stereocenters. The minimum Gasteiger partial charge on any atom is -0.323 e. The van der Waals surface area contributed by atoms with E-state index in [0.717, 1.165) is 23.0 Å². The van der Waals surface area contributed by atoms with Crippen molar-refractivity contribution in [1.29, 1.82) is 0 Å². The molecule has 0 fully saturated rings. The van der Waals surface area contributed by atoms with Crippen LogP contribution in [0.3, 0.4) is 0 Å². The summed E-state index contributed by atoms with van der Waals surface area (Å²) in [7, 11) is -4.26. The number of nitrogens with zero attached hydrogens (tertiary/aromatic N) is 3. The summed E-state index contributed by atoms with van der Waals surface area (Å²) in [6.07, 6.45) is 1.33. The van der Waals surface area contributed by atoms with Gasteiger partial charge in [-0.15, -0.1) is 5.10 Å². The molecule has 3 N–H and O–H groups in total. The molecule has 129 valence electrons. The predicted molar refractivity (Wildman–Crippen MR) is 96.0 cm³/mol. The summed E-state index contributed by atoms with van der Waals surface area (Å²) in [5.41, 5.74) is 3.91. The zero-order chi connectivity index (χ0) is 17.7. The number of hydrogen-bond acceptors (Lipinski definition) is 5. The van der Waals surface area contributed by atoms with Crippen molar-refractivity contribution in [2.24, 2.45) is 15.4 Å². The molecule has 2 aromatic rings. The summed E-state index contributed by atoms with van der Waals surface area (Å²) in [6.45, 7) is 0.328. The Bertz CT molecular complexity index is 816. The van der Waals surface area contributed by atoms with Crippen molar-refractivity contribution < 1.29 is 14.4 Å². The minimum absolute atomic E-state index is 0.328. The van der Waals surface area contributed by atoms with Crippen LogP contribution < -0.4 is 5.32 Å². The second kappa shape index (κ2) is 7.80. The Morgan fingerprint density at radius 3 is 2.36 bits per heavy atom. The Balaban J connectivity index is 1.71. The summed E-state index contributed by atoms with van der Waals surface area (Å²) in [6, 6.07) is 17.7. The normalized spacial score (nSPS) is 15.2. The van der Waals surface area contributed by atoms with Gasteiger partial charge in [-0.25, -0.2) is 0 Å². The van der Waals surface area contributed by atoms with Gasteiger partial charge in [0, 0.05) is 0 Å². The van der Waals surface area contributed by atoms with E-state index in [9.17, 15) is 4.57 Å². The highest BCUT2D eigenvalue weighted by Crippen LogP contribution is 2.36. The van der Waals surface area contributed by atoms with Gasteiger partial charge >= 0.3 is 7.60 Å². The summed E-state index contributed by atoms with van der Waals surface area (Å²) in [5.74, 6) is 0. The lowest BCUT2D eigenvalue weighted by molar-refractivity contribution is 0.376. The van der Waals surface area contributed by atoms with Gasteiger partial charge < -0.3 is 9.79 Å². The molecule has 3 rings (SSSR count). The van der Waals surface area contributed by atoms with Gasteiger partial charge in [0.05, 0.1) is 11.8 Å². The molecule has 0 aromatic heterocycles. The number of nitrogens with one attached hydrogen (secondary N) is 1. The van der Waals surface area contributed by atoms with Crippen LogP contribution in [0, 0.1) is 6.29 Å². The number of rotatable bonds is 7. The molecule has 0 saturated heterocycles. The monoisotopic (exact) mass is 357 g/mol. The van der Waals surface area contributed by atoms with Crippen molar-refractivity contribution in [3.8, 4) is 11.1 Å². The lowest BCUT2D eigenvalue weighted by atomic mass is 9.99. The molecule has 1 heterocycles. The molecule has 1 atom stereocenters. The van der Waals surface area contributed by atoms with Gasteiger partial charge in [-0.3, -0.25) is 9.88 Å². The van der Waals surface area contributed by atoms with Gasteiger partial charge in [0.25, 0.3) is 0 Å². The van der Waals surface area contributed by atoms with Crippen LogP contribution in [0.5, 0.6) is 0 Å². The molecular weight excluding hydrogens is 339 g/mol. The maximum atomic E-state index is 11.1. The quantitative estimate of drug-likeness (QED) is 0.662. The van der Waals surface area contributed by atoms with Crippen LogP contribution in [0.1, 0.15) is 5.56 Å². The highest BCUT2D eigenvalue weighted by molar-refractivity contribution is 7.54. The van der Waals surface area contributed by atoms with Crippen LogP contribution >= 0.6 is 7.60 Å². The van der Waals surface area contributed by atoms with Crippen LogP contribution in [0.2, 0.25) is 0 Å². The molecule has 0 spiro atoms. The van der Waals surface area contributed by atoms with E-state index in [-0.39, 0.29) is 6.04 Å². The van der Waals surface area contributed by atoms with E-state index in [4.69, 9.17) is 9.79 Å². The van der Waals surface area contributed by atoms with Crippen molar-refractivity contribution in [3.63, 3.8) is 0 Å². The maximum absolute atomic E-state index is 11.1.